The number of aromatic nitrogens is 1. The highest BCUT2D eigenvalue weighted by Crippen LogP contribution is 2.33. The van der Waals surface area contributed by atoms with Gasteiger partial charge in [-0.15, -0.1) is 11.3 Å². The van der Waals surface area contributed by atoms with Crippen LogP contribution >= 0.6 is 22.9 Å². The van der Waals surface area contributed by atoms with E-state index in [2.05, 4.69) is 10.3 Å². The Morgan fingerprint density at radius 1 is 1.37 bits per heavy atom. The van der Waals surface area contributed by atoms with Crippen molar-refractivity contribution in [1.82, 2.24) is 4.98 Å². The molecule has 0 aliphatic carbocycles. The van der Waals surface area contributed by atoms with Crippen LogP contribution in [0.4, 0.5) is 5.69 Å². The fourth-order valence-electron chi connectivity index (χ4n) is 2.02. The number of nitrogens with zero attached hydrogens (tertiary/aromatic N) is 1. The molecule has 4 nitrogen and oxygen atoms in total. The van der Waals surface area contributed by atoms with Crippen LogP contribution in [-0.4, -0.2) is 30.0 Å². The highest BCUT2D eigenvalue weighted by atomic mass is 35.5. The number of benzene rings is 1. The van der Waals surface area contributed by atoms with Crippen LogP contribution in [0.15, 0.2) is 17.6 Å². The maximum atomic E-state index is 6.26. The van der Waals surface area contributed by atoms with Crippen molar-refractivity contribution in [1.29, 1.82) is 0 Å². The van der Waals surface area contributed by atoms with Crippen molar-refractivity contribution in [2.24, 2.45) is 0 Å². The predicted octanol–water partition coefficient (Wildman–Crippen LogP) is 3.51. The Bertz CT molecular complexity index is 589. The lowest BCUT2D eigenvalue weighted by Gasteiger charge is -2.35. The number of hydrogen-bond acceptors (Lipinski definition) is 5. The first kappa shape index (κ1) is 13.1. The van der Waals surface area contributed by atoms with Crippen LogP contribution in [0.25, 0.3) is 10.2 Å². The largest absolute Gasteiger partial charge is 0.375 e. The van der Waals surface area contributed by atoms with Crippen molar-refractivity contribution in [2.45, 2.75) is 25.7 Å². The molecule has 0 saturated carbocycles. The average molecular weight is 299 g/mol. The third kappa shape index (κ3) is 2.69. The number of nitrogens with one attached hydrogen (secondary N) is 1. The first-order chi connectivity index (χ1) is 9.05. The predicted molar refractivity (Wildman–Crippen MR) is 78.0 cm³/mol. The van der Waals surface area contributed by atoms with E-state index < -0.39 is 5.79 Å². The van der Waals surface area contributed by atoms with Gasteiger partial charge in [-0.3, -0.25) is 0 Å². The smallest absolute Gasteiger partial charge is 0.162 e. The summed E-state index contributed by atoms with van der Waals surface area (Å²) in [5.41, 5.74) is 3.59. The van der Waals surface area contributed by atoms with E-state index >= 15 is 0 Å². The molecule has 0 unspecified atom stereocenters. The monoisotopic (exact) mass is 298 g/mol. The van der Waals surface area contributed by atoms with Gasteiger partial charge in [-0.05, 0) is 26.0 Å². The molecule has 2 heterocycles. The number of fused-ring (bicyclic) bond motifs is 1. The minimum Gasteiger partial charge on any atom is -0.375 e. The number of ether oxygens (including phenoxy) is 2. The zero-order chi connectivity index (χ0) is 13.5. The van der Waals surface area contributed by atoms with E-state index in [1.54, 1.807) is 11.3 Å². The second kappa shape index (κ2) is 4.90. The van der Waals surface area contributed by atoms with E-state index in [1.165, 1.54) is 0 Å². The molecule has 1 saturated heterocycles. The lowest BCUT2D eigenvalue weighted by molar-refractivity contribution is -0.247. The van der Waals surface area contributed by atoms with Gasteiger partial charge >= 0.3 is 0 Å². The Kier molecular flexibility index (Phi) is 3.39. The summed E-state index contributed by atoms with van der Waals surface area (Å²) in [6.45, 7) is 5.00. The minimum atomic E-state index is -0.505. The summed E-state index contributed by atoms with van der Waals surface area (Å²) in [7, 11) is 0. The Hall–Kier alpha value is -0.880. The van der Waals surface area contributed by atoms with E-state index in [0.29, 0.717) is 18.2 Å². The molecule has 1 fully saturated rings. The molecule has 1 aromatic heterocycles. The second-order valence-corrected chi connectivity index (χ2v) is 6.28. The SMILES string of the molecule is CC1(C)OCC(Nc2c(Cl)ccc3scnc23)CO1. The maximum absolute atomic E-state index is 6.26. The van der Waals surface area contributed by atoms with Gasteiger partial charge in [0.05, 0.1) is 40.2 Å². The van der Waals surface area contributed by atoms with Crippen molar-refractivity contribution in [3.05, 3.63) is 22.7 Å². The fourth-order valence-corrected chi connectivity index (χ4v) is 2.92. The van der Waals surface area contributed by atoms with Gasteiger partial charge in [-0.1, -0.05) is 11.6 Å². The average Bonchev–Trinajstić information content (AvgIpc) is 2.83. The minimum absolute atomic E-state index is 0.0813. The number of halogens is 1. The molecule has 1 aliphatic heterocycles. The summed E-state index contributed by atoms with van der Waals surface area (Å²) < 4.78 is 12.4. The van der Waals surface area contributed by atoms with Gasteiger partial charge in [0, 0.05) is 0 Å². The van der Waals surface area contributed by atoms with Crippen LogP contribution in [-0.2, 0) is 9.47 Å². The van der Waals surface area contributed by atoms with Gasteiger partial charge in [0.2, 0.25) is 0 Å². The summed E-state index contributed by atoms with van der Waals surface area (Å²) in [5, 5.41) is 4.05. The van der Waals surface area contributed by atoms with E-state index in [0.717, 1.165) is 15.9 Å². The molecule has 1 aliphatic rings. The Labute approximate surface area is 120 Å². The number of anilines is 1. The topological polar surface area (TPSA) is 43.4 Å². The van der Waals surface area contributed by atoms with E-state index in [9.17, 15) is 0 Å². The molecule has 0 amide bonds. The quantitative estimate of drug-likeness (QED) is 0.921. The van der Waals surface area contributed by atoms with Crippen LogP contribution in [0.2, 0.25) is 5.02 Å². The van der Waals surface area contributed by atoms with Crippen LogP contribution in [0.3, 0.4) is 0 Å². The standard InChI is InChI=1S/C13H15ClN2O2S/c1-13(2)17-5-8(6-18-13)16-11-9(14)3-4-10-12(11)15-7-19-10/h3-4,7-8,16H,5-6H2,1-2H3. The van der Waals surface area contributed by atoms with Crippen molar-refractivity contribution in [3.63, 3.8) is 0 Å². The van der Waals surface area contributed by atoms with Gasteiger partial charge in [0.1, 0.15) is 5.52 Å². The summed E-state index contributed by atoms with van der Waals surface area (Å²) in [4.78, 5) is 4.36. The summed E-state index contributed by atoms with van der Waals surface area (Å²) in [5.74, 6) is -0.505. The molecule has 0 spiro atoms. The van der Waals surface area contributed by atoms with E-state index in [4.69, 9.17) is 21.1 Å². The van der Waals surface area contributed by atoms with Crippen molar-refractivity contribution < 1.29 is 9.47 Å². The highest BCUT2D eigenvalue weighted by molar-refractivity contribution is 7.16. The molecule has 3 rings (SSSR count). The third-order valence-corrected chi connectivity index (χ3v) is 4.17. The van der Waals surface area contributed by atoms with Gasteiger partial charge in [0.25, 0.3) is 0 Å². The van der Waals surface area contributed by atoms with Crippen LogP contribution in [0, 0.1) is 0 Å². The fraction of sp³-hybridized carbons (Fsp3) is 0.462. The van der Waals surface area contributed by atoms with Gasteiger partial charge < -0.3 is 14.8 Å². The molecule has 0 radical (unpaired) electrons. The molecule has 0 atom stereocenters. The molecule has 19 heavy (non-hydrogen) atoms. The summed E-state index contributed by atoms with van der Waals surface area (Å²) in [6.07, 6.45) is 0. The van der Waals surface area contributed by atoms with Crippen LogP contribution < -0.4 is 5.32 Å². The highest BCUT2D eigenvalue weighted by Gasteiger charge is 2.28. The molecule has 0 bridgehead atoms. The van der Waals surface area contributed by atoms with Gasteiger partial charge in [0.15, 0.2) is 5.79 Å². The van der Waals surface area contributed by atoms with Gasteiger partial charge in [-0.2, -0.15) is 0 Å². The number of thiazole rings is 1. The van der Waals surface area contributed by atoms with Crippen LogP contribution in [0.1, 0.15) is 13.8 Å². The molecule has 2 aromatic rings. The second-order valence-electron chi connectivity index (χ2n) is 4.98. The maximum Gasteiger partial charge on any atom is 0.162 e. The van der Waals surface area contributed by atoms with Crippen molar-refractivity contribution in [2.75, 3.05) is 18.5 Å². The number of hydrogen-bond donors (Lipinski definition) is 1. The first-order valence-corrected chi connectivity index (χ1v) is 7.37. The van der Waals surface area contributed by atoms with Gasteiger partial charge in [-0.25, -0.2) is 4.98 Å². The zero-order valence-electron chi connectivity index (χ0n) is 10.8. The van der Waals surface area contributed by atoms with E-state index in [1.807, 2.05) is 31.5 Å². The first-order valence-electron chi connectivity index (χ1n) is 6.11. The summed E-state index contributed by atoms with van der Waals surface area (Å²) in [6, 6.07) is 3.95. The normalized spacial score (nSPS) is 19.7. The van der Waals surface area contributed by atoms with E-state index in [-0.39, 0.29) is 6.04 Å². The molecule has 1 aromatic carbocycles. The third-order valence-electron chi connectivity index (χ3n) is 3.06. The Morgan fingerprint density at radius 2 is 2.11 bits per heavy atom. The van der Waals surface area contributed by atoms with Crippen LogP contribution in [0.5, 0.6) is 0 Å². The molecule has 6 heteroatoms. The van der Waals surface area contributed by atoms with Crippen molar-refractivity contribution >= 4 is 38.8 Å². The molecule has 1 N–H and O–H groups in total. The summed E-state index contributed by atoms with van der Waals surface area (Å²) >= 11 is 7.86. The lowest BCUT2D eigenvalue weighted by Crippen LogP contribution is -2.45. The Morgan fingerprint density at radius 3 is 2.84 bits per heavy atom. The Balaban J connectivity index is 1.82. The zero-order valence-corrected chi connectivity index (χ0v) is 12.3. The molecular weight excluding hydrogens is 284 g/mol. The lowest BCUT2D eigenvalue weighted by atomic mass is 10.2. The van der Waals surface area contributed by atoms with Crippen molar-refractivity contribution in [3.8, 4) is 0 Å². The molecule has 102 valence electrons. The number of rotatable bonds is 2. The molecular formula is C13H15ClN2O2S.